The van der Waals surface area contributed by atoms with Gasteiger partial charge in [-0.2, -0.15) is 10.2 Å². The molecule has 3 aromatic rings. The average molecular weight is 305 g/mol. The predicted octanol–water partition coefficient (Wildman–Crippen LogP) is 3.08. The van der Waals surface area contributed by atoms with Crippen molar-refractivity contribution in [3.05, 3.63) is 66.4 Å². The molecule has 0 aliphatic heterocycles. The number of hydrogen-bond donors (Lipinski definition) is 2. The normalized spacial score (nSPS) is 11.3. The van der Waals surface area contributed by atoms with Gasteiger partial charge in [0.15, 0.2) is 0 Å². The number of benzene rings is 2. The summed E-state index contributed by atoms with van der Waals surface area (Å²) in [5.41, 5.74) is 6.13. The lowest BCUT2D eigenvalue weighted by atomic mass is 10.1. The number of aromatic hydroxyl groups is 1. The monoisotopic (exact) mass is 305 g/mol. The molecule has 6 heteroatoms. The van der Waals surface area contributed by atoms with Gasteiger partial charge >= 0.3 is 0 Å². The highest BCUT2D eigenvalue weighted by molar-refractivity contribution is 5.99. The Kier molecular flexibility index (Phi) is 4.24. The van der Waals surface area contributed by atoms with E-state index in [1.165, 1.54) is 0 Å². The first-order valence-corrected chi connectivity index (χ1v) is 7.07. The first kappa shape index (κ1) is 14.6. The number of nitrogens with zero attached hydrogens (tertiary/aromatic N) is 4. The SMILES string of the molecule is CC(=NNc1nncc(-c2ccccc2)n1)c1ccc(O)cc1. The van der Waals surface area contributed by atoms with E-state index in [9.17, 15) is 5.11 Å². The van der Waals surface area contributed by atoms with Crippen LogP contribution in [-0.2, 0) is 0 Å². The fourth-order valence-corrected chi connectivity index (χ4v) is 2.00. The molecule has 0 aliphatic carbocycles. The topological polar surface area (TPSA) is 83.3 Å². The van der Waals surface area contributed by atoms with Crippen molar-refractivity contribution in [2.75, 3.05) is 5.43 Å². The van der Waals surface area contributed by atoms with Crippen molar-refractivity contribution in [2.24, 2.45) is 5.10 Å². The van der Waals surface area contributed by atoms with Gasteiger partial charge in [-0.05, 0) is 36.8 Å². The Bertz CT molecular complexity index is 816. The van der Waals surface area contributed by atoms with E-state index in [0.29, 0.717) is 5.95 Å². The standard InChI is InChI=1S/C17H15N5O/c1-12(13-7-9-15(23)10-8-13)20-22-17-19-16(11-18-21-17)14-5-3-2-4-6-14/h2-11,23H,1H3,(H,19,21,22). The minimum Gasteiger partial charge on any atom is -0.508 e. The predicted molar refractivity (Wildman–Crippen MR) is 89.2 cm³/mol. The quantitative estimate of drug-likeness (QED) is 0.571. The third kappa shape index (κ3) is 3.68. The van der Waals surface area contributed by atoms with E-state index >= 15 is 0 Å². The van der Waals surface area contributed by atoms with Crippen molar-refractivity contribution < 1.29 is 5.11 Å². The highest BCUT2D eigenvalue weighted by Crippen LogP contribution is 2.16. The van der Waals surface area contributed by atoms with Crippen LogP contribution in [0.3, 0.4) is 0 Å². The van der Waals surface area contributed by atoms with Crippen LogP contribution in [0, 0.1) is 0 Å². The molecule has 0 saturated carbocycles. The van der Waals surface area contributed by atoms with Gasteiger partial charge in [0.1, 0.15) is 5.75 Å². The van der Waals surface area contributed by atoms with Gasteiger partial charge in [-0.3, -0.25) is 0 Å². The highest BCUT2D eigenvalue weighted by Gasteiger charge is 2.03. The Morgan fingerprint density at radius 3 is 2.52 bits per heavy atom. The number of rotatable bonds is 4. The second kappa shape index (κ2) is 6.65. The van der Waals surface area contributed by atoms with Gasteiger partial charge in [0.2, 0.25) is 0 Å². The van der Waals surface area contributed by atoms with E-state index < -0.39 is 0 Å². The second-order valence-electron chi connectivity index (χ2n) is 4.89. The minimum atomic E-state index is 0.220. The maximum Gasteiger partial charge on any atom is 0.263 e. The zero-order chi connectivity index (χ0) is 16.1. The molecule has 0 radical (unpaired) electrons. The van der Waals surface area contributed by atoms with E-state index in [0.717, 1.165) is 22.5 Å². The summed E-state index contributed by atoms with van der Waals surface area (Å²) < 4.78 is 0. The summed E-state index contributed by atoms with van der Waals surface area (Å²) in [6.45, 7) is 1.86. The third-order valence-electron chi connectivity index (χ3n) is 3.24. The maximum absolute atomic E-state index is 9.30. The lowest BCUT2D eigenvalue weighted by molar-refractivity contribution is 0.475. The van der Waals surface area contributed by atoms with Crippen molar-refractivity contribution in [1.29, 1.82) is 0 Å². The Morgan fingerprint density at radius 1 is 1.04 bits per heavy atom. The molecular weight excluding hydrogens is 290 g/mol. The fraction of sp³-hybridized carbons (Fsp3) is 0.0588. The maximum atomic E-state index is 9.30. The van der Waals surface area contributed by atoms with Crippen molar-refractivity contribution in [1.82, 2.24) is 15.2 Å². The van der Waals surface area contributed by atoms with Gasteiger partial charge in [-0.1, -0.05) is 30.3 Å². The molecule has 114 valence electrons. The third-order valence-corrected chi connectivity index (χ3v) is 3.24. The van der Waals surface area contributed by atoms with E-state index in [1.807, 2.05) is 37.3 Å². The smallest absolute Gasteiger partial charge is 0.263 e. The number of hydrazone groups is 1. The van der Waals surface area contributed by atoms with Crippen molar-refractivity contribution in [2.45, 2.75) is 6.92 Å². The Morgan fingerprint density at radius 2 is 1.78 bits per heavy atom. The molecule has 0 bridgehead atoms. The van der Waals surface area contributed by atoms with Crippen LogP contribution in [0.25, 0.3) is 11.3 Å². The van der Waals surface area contributed by atoms with Gasteiger partial charge in [-0.25, -0.2) is 10.4 Å². The van der Waals surface area contributed by atoms with Gasteiger partial charge < -0.3 is 5.11 Å². The van der Waals surface area contributed by atoms with Gasteiger partial charge in [0.05, 0.1) is 17.6 Å². The molecule has 23 heavy (non-hydrogen) atoms. The molecule has 0 atom stereocenters. The molecule has 1 aromatic heterocycles. The van der Waals surface area contributed by atoms with Crippen molar-refractivity contribution in [3.63, 3.8) is 0 Å². The molecule has 3 rings (SSSR count). The van der Waals surface area contributed by atoms with Crippen LogP contribution in [0.5, 0.6) is 5.75 Å². The summed E-state index contributed by atoms with van der Waals surface area (Å²) in [4.78, 5) is 4.39. The Labute approximate surface area is 133 Å². The molecule has 0 spiro atoms. The first-order valence-electron chi connectivity index (χ1n) is 7.07. The molecular formula is C17H15N5O. The van der Waals surface area contributed by atoms with E-state index in [4.69, 9.17) is 0 Å². The molecule has 0 aliphatic rings. The summed E-state index contributed by atoms with van der Waals surface area (Å²) in [6.07, 6.45) is 1.61. The van der Waals surface area contributed by atoms with Crippen molar-refractivity contribution in [3.8, 4) is 17.0 Å². The number of hydrogen-bond acceptors (Lipinski definition) is 6. The van der Waals surface area contributed by atoms with Crippen LogP contribution in [0.15, 0.2) is 65.9 Å². The van der Waals surface area contributed by atoms with Crippen molar-refractivity contribution >= 4 is 11.7 Å². The van der Waals surface area contributed by atoms with Gasteiger partial charge in [0.25, 0.3) is 5.95 Å². The molecule has 2 N–H and O–H groups in total. The van der Waals surface area contributed by atoms with Crippen LogP contribution in [0.1, 0.15) is 12.5 Å². The summed E-state index contributed by atoms with van der Waals surface area (Å²) in [5, 5.41) is 21.4. The zero-order valence-corrected chi connectivity index (χ0v) is 12.5. The zero-order valence-electron chi connectivity index (χ0n) is 12.5. The lowest BCUT2D eigenvalue weighted by Crippen LogP contribution is -2.03. The molecule has 1 heterocycles. The Hall–Kier alpha value is -3.28. The number of aromatic nitrogens is 3. The van der Waals surface area contributed by atoms with Crippen LogP contribution in [-0.4, -0.2) is 26.0 Å². The summed E-state index contributed by atoms with van der Waals surface area (Å²) >= 11 is 0. The second-order valence-corrected chi connectivity index (χ2v) is 4.89. The first-order chi connectivity index (χ1) is 11.2. The largest absolute Gasteiger partial charge is 0.508 e. The summed E-state index contributed by atoms with van der Waals surface area (Å²) in [7, 11) is 0. The molecule has 0 unspecified atom stereocenters. The van der Waals surface area contributed by atoms with E-state index in [2.05, 4.69) is 25.7 Å². The highest BCUT2D eigenvalue weighted by atomic mass is 16.3. The molecule has 6 nitrogen and oxygen atoms in total. The Balaban J connectivity index is 1.78. The number of phenolic OH excluding ortho intramolecular Hbond substituents is 1. The van der Waals surface area contributed by atoms with Crippen LogP contribution in [0.2, 0.25) is 0 Å². The van der Waals surface area contributed by atoms with Crippen LogP contribution < -0.4 is 5.43 Å². The number of anilines is 1. The van der Waals surface area contributed by atoms with E-state index in [-0.39, 0.29) is 5.75 Å². The van der Waals surface area contributed by atoms with Gasteiger partial charge in [-0.15, -0.1) is 5.10 Å². The fourth-order valence-electron chi connectivity index (χ4n) is 2.00. The average Bonchev–Trinajstić information content (AvgIpc) is 2.61. The van der Waals surface area contributed by atoms with Crippen LogP contribution in [0.4, 0.5) is 5.95 Å². The molecule has 0 fully saturated rings. The van der Waals surface area contributed by atoms with Crippen LogP contribution >= 0.6 is 0 Å². The molecule has 2 aromatic carbocycles. The minimum absolute atomic E-state index is 0.220. The molecule has 0 amide bonds. The van der Waals surface area contributed by atoms with Gasteiger partial charge in [0, 0.05) is 5.56 Å². The van der Waals surface area contributed by atoms with E-state index in [1.54, 1.807) is 30.5 Å². The number of nitrogens with one attached hydrogen (secondary N) is 1. The molecule has 0 saturated heterocycles. The number of phenols is 1. The summed E-state index contributed by atoms with van der Waals surface area (Å²) in [5.74, 6) is 0.544. The summed E-state index contributed by atoms with van der Waals surface area (Å²) in [6, 6.07) is 16.5. The lowest BCUT2D eigenvalue weighted by Gasteiger charge is -2.04.